The van der Waals surface area contributed by atoms with Crippen molar-refractivity contribution in [3.05, 3.63) is 72.2 Å². The van der Waals surface area contributed by atoms with Crippen molar-refractivity contribution in [1.82, 2.24) is 9.88 Å². The first-order chi connectivity index (χ1) is 15.7. The first-order valence-corrected chi connectivity index (χ1v) is 11.4. The summed E-state index contributed by atoms with van der Waals surface area (Å²) in [6, 6.07) is 19.2. The van der Waals surface area contributed by atoms with Gasteiger partial charge in [0.1, 0.15) is 17.0 Å². The van der Waals surface area contributed by atoms with Gasteiger partial charge in [0.2, 0.25) is 0 Å². The van der Waals surface area contributed by atoms with Crippen LogP contribution in [0, 0.1) is 0 Å². The van der Waals surface area contributed by atoms with E-state index in [9.17, 15) is 4.79 Å². The maximum absolute atomic E-state index is 12.9. The van der Waals surface area contributed by atoms with Gasteiger partial charge in [0.15, 0.2) is 11.3 Å². The van der Waals surface area contributed by atoms with Gasteiger partial charge < -0.3 is 23.4 Å². The lowest BCUT2D eigenvalue weighted by atomic mass is 10.2. The zero-order valence-electron chi connectivity index (χ0n) is 17.7. The number of benzene rings is 2. The van der Waals surface area contributed by atoms with Crippen molar-refractivity contribution in [2.24, 2.45) is 0 Å². The fourth-order valence-electron chi connectivity index (χ4n) is 3.81. The number of hydrogen-bond donors (Lipinski definition) is 0. The van der Waals surface area contributed by atoms with E-state index >= 15 is 0 Å². The molecule has 3 heterocycles. The molecule has 0 radical (unpaired) electrons. The summed E-state index contributed by atoms with van der Waals surface area (Å²) in [5.74, 6) is 2.39. The van der Waals surface area contributed by atoms with Crippen LogP contribution in [-0.2, 0) is 5.75 Å². The molecular weight excluding hydrogens is 426 g/mol. The lowest BCUT2D eigenvalue weighted by molar-refractivity contribution is 0.0713. The zero-order chi connectivity index (χ0) is 21.9. The fourth-order valence-corrected chi connectivity index (χ4v) is 4.55. The number of thioether (sulfide) groups is 1. The van der Waals surface area contributed by atoms with E-state index in [1.807, 2.05) is 59.5 Å². The van der Waals surface area contributed by atoms with Crippen LogP contribution in [0.25, 0.3) is 11.1 Å². The van der Waals surface area contributed by atoms with E-state index in [-0.39, 0.29) is 5.91 Å². The number of hydrogen-bond acceptors (Lipinski definition) is 7. The largest absolute Gasteiger partial charge is 0.495 e. The molecule has 0 unspecified atom stereocenters. The van der Waals surface area contributed by atoms with Crippen LogP contribution in [0.5, 0.6) is 5.75 Å². The number of aromatic nitrogens is 1. The number of oxazole rings is 1. The standard InChI is InChI=1S/C24H23N3O4S/c1-29-21-9-5-3-7-19(21)26-12-14-27(15-13-26)23(28)22-11-10-17(30-22)16-32-24-25-18-6-2-4-8-20(18)31-24/h2-11H,12-16H2,1H3. The summed E-state index contributed by atoms with van der Waals surface area (Å²) in [6.07, 6.45) is 0. The second-order valence-corrected chi connectivity index (χ2v) is 8.38. The van der Waals surface area contributed by atoms with Gasteiger partial charge in [-0.05, 0) is 36.4 Å². The lowest BCUT2D eigenvalue weighted by Gasteiger charge is -2.36. The van der Waals surface area contributed by atoms with Gasteiger partial charge in [0, 0.05) is 26.2 Å². The van der Waals surface area contributed by atoms with E-state index in [0.29, 0.717) is 35.6 Å². The van der Waals surface area contributed by atoms with Crippen molar-refractivity contribution in [2.45, 2.75) is 11.0 Å². The van der Waals surface area contributed by atoms with Crippen LogP contribution in [0.3, 0.4) is 0 Å². The van der Waals surface area contributed by atoms with Crippen molar-refractivity contribution in [2.75, 3.05) is 38.2 Å². The molecule has 0 spiro atoms. The van der Waals surface area contributed by atoms with Crippen molar-refractivity contribution >= 4 is 34.5 Å². The molecule has 4 aromatic rings. The number of carbonyl (C=O) groups is 1. The number of anilines is 1. The molecule has 1 fully saturated rings. The van der Waals surface area contributed by atoms with Crippen LogP contribution in [0.2, 0.25) is 0 Å². The highest BCUT2D eigenvalue weighted by Crippen LogP contribution is 2.29. The van der Waals surface area contributed by atoms with E-state index in [2.05, 4.69) is 9.88 Å². The molecule has 2 aromatic heterocycles. The van der Waals surface area contributed by atoms with E-state index in [4.69, 9.17) is 13.6 Å². The molecule has 0 saturated carbocycles. The van der Waals surface area contributed by atoms with E-state index in [0.717, 1.165) is 35.6 Å². The summed E-state index contributed by atoms with van der Waals surface area (Å²) in [5.41, 5.74) is 2.65. The third kappa shape index (κ3) is 4.18. The molecule has 8 heteroatoms. The van der Waals surface area contributed by atoms with Gasteiger partial charge in [-0.25, -0.2) is 4.98 Å². The molecule has 1 saturated heterocycles. The Bertz CT molecular complexity index is 1190. The number of amides is 1. The Morgan fingerprint density at radius 3 is 2.59 bits per heavy atom. The van der Waals surface area contributed by atoms with Gasteiger partial charge in [0.05, 0.1) is 18.6 Å². The molecule has 0 aliphatic carbocycles. The molecule has 32 heavy (non-hydrogen) atoms. The molecular formula is C24H23N3O4S. The number of para-hydroxylation sites is 4. The maximum Gasteiger partial charge on any atom is 0.289 e. The van der Waals surface area contributed by atoms with Crippen LogP contribution >= 0.6 is 11.8 Å². The number of carbonyl (C=O) groups excluding carboxylic acids is 1. The Hall–Kier alpha value is -3.39. The first kappa shape index (κ1) is 20.5. The fraction of sp³-hybridized carbons (Fsp3) is 0.250. The Balaban J connectivity index is 1.18. The Morgan fingerprint density at radius 1 is 1.00 bits per heavy atom. The van der Waals surface area contributed by atoms with Gasteiger partial charge in [0.25, 0.3) is 11.1 Å². The Labute approximate surface area is 190 Å². The molecule has 0 bridgehead atoms. The predicted molar refractivity (Wildman–Crippen MR) is 123 cm³/mol. The molecule has 164 valence electrons. The minimum absolute atomic E-state index is 0.0808. The monoisotopic (exact) mass is 449 g/mol. The predicted octanol–water partition coefficient (Wildman–Crippen LogP) is 4.68. The molecule has 0 N–H and O–H groups in total. The quantitative estimate of drug-likeness (QED) is 0.396. The maximum atomic E-state index is 12.9. The highest BCUT2D eigenvalue weighted by atomic mass is 32.2. The van der Waals surface area contributed by atoms with Gasteiger partial charge in [-0.15, -0.1) is 0 Å². The lowest BCUT2D eigenvalue weighted by Crippen LogP contribution is -2.48. The van der Waals surface area contributed by atoms with Crippen molar-refractivity contribution in [1.29, 1.82) is 0 Å². The summed E-state index contributed by atoms with van der Waals surface area (Å²) in [5, 5.41) is 0.586. The second kappa shape index (κ2) is 9.00. The number of piperazine rings is 1. The molecule has 7 nitrogen and oxygen atoms in total. The molecule has 1 aliphatic rings. The molecule has 5 rings (SSSR count). The number of rotatable bonds is 6. The average molecular weight is 450 g/mol. The normalized spacial score (nSPS) is 14.2. The molecule has 0 atom stereocenters. The van der Waals surface area contributed by atoms with Gasteiger partial charge in [-0.2, -0.15) is 0 Å². The topological polar surface area (TPSA) is 72.0 Å². The molecule has 2 aromatic carbocycles. The van der Waals surface area contributed by atoms with Crippen LogP contribution in [0.1, 0.15) is 16.3 Å². The SMILES string of the molecule is COc1ccccc1N1CCN(C(=O)c2ccc(CSc3nc4ccccc4o3)o2)CC1. The minimum atomic E-state index is -0.0808. The van der Waals surface area contributed by atoms with Crippen LogP contribution in [0.4, 0.5) is 5.69 Å². The van der Waals surface area contributed by atoms with Crippen LogP contribution < -0.4 is 9.64 Å². The van der Waals surface area contributed by atoms with E-state index in [1.54, 1.807) is 13.2 Å². The summed E-state index contributed by atoms with van der Waals surface area (Å²) in [6.45, 7) is 2.75. The zero-order valence-corrected chi connectivity index (χ0v) is 18.5. The first-order valence-electron chi connectivity index (χ1n) is 10.5. The van der Waals surface area contributed by atoms with Crippen molar-refractivity contribution in [3.8, 4) is 5.75 Å². The summed E-state index contributed by atoms with van der Waals surface area (Å²) in [7, 11) is 1.68. The van der Waals surface area contributed by atoms with E-state index in [1.165, 1.54) is 11.8 Å². The highest BCUT2D eigenvalue weighted by Gasteiger charge is 2.25. The average Bonchev–Trinajstić information content (AvgIpc) is 3.49. The van der Waals surface area contributed by atoms with Crippen molar-refractivity contribution in [3.63, 3.8) is 0 Å². The number of nitrogens with zero attached hydrogens (tertiary/aromatic N) is 3. The third-order valence-corrected chi connectivity index (χ3v) is 6.33. The van der Waals surface area contributed by atoms with Crippen LogP contribution in [-0.4, -0.2) is 49.1 Å². The van der Waals surface area contributed by atoms with Crippen LogP contribution in [0.15, 0.2) is 74.7 Å². The smallest absolute Gasteiger partial charge is 0.289 e. The number of methoxy groups -OCH3 is 1. The summed E-state index contributed by atoms with van der Waals surface area (Å²) in [4.78, 5) is 21.5. The molecule has 1 amide bonds. The summed E-state index contributed by atoms with van der Waals surface area (Å²) < 4.78 is 17.0. The van der Waals surface area contributed by atoms with Gasteiger partial charge in [-0.3, -0.25) is 4.79 Å². The highest BCUT2D eigenvalue weighted by molar-refractivity contribution is 7.98. The second-order valence-electron chi connectivity index (χ2n) is 7.45. The summed E-state index contributed by atoms with van der Waals surface area (Å²) >= 11 is 1.45. The number of ether oxygens (including phenoxy) is 1. The Kier molecular flexibility index (Phi) is 5.77. The number of furan rings is 1. The van der Waals surface area contributed by atoms with Crippen molar-refractivity contribution < 1.29 is 18.4 Å². The van der Waals surface area contributed by atoms with E-state index < -0.39 is 0 Å². The van der Waals surface area contributed by atoms with Gasteiger partial charge in [-0.1, -0.05) is 36.0 Å². The Morgan fingerprint density at radius 2 is 1.78 bits per heavy atom. The van der Waals surface area contributed by atoms with Gasteiger partial charge >= 0.3 is 0 Å². The molecule has 1 aliphatic heterocycles. The number of fused-ring (bicyclic) bond motifs is 1. The third-order valence-electron chi connectivity index (χ3n) is 5.48. The minimum Gasteiger partial charge on any atom is -0.495 e.